The van der Waals surface area contributed by atoms with Crippen LogP contribution in [0.2, 0.25) is 0 Å². The van der Waals surface area contributed by atoms with Crippen LogP contribution in [0.1, 0.15) is 50.8 Å². The normalized spacial score (nSPS) is 17.3. The summed E-state index contributed by atoms with van der Waals surface area (Å²) in [5.41, 5.74) is 2.36. The van der Waals surface area contributed by atoms with Gasteiger partial charge in [-0.3, -0.25) is 9.59 Å². The Morgan fingerprint density at radius 3 is 2.73 bits per heavy atom. The van der Waals surface area contributed by atoms with E-state index in [0.717, 1.165) is 18.4 Å². The van der Waals surface area contributed by atoms with Crippen LogP contribution in [0, 0.1) is 5.92 Å². The molecule has 0 bridgehead atoms. The summed E-state index contributed by atoms with van der Waals surface area (Å²) in [6.45, 7) is 7.25. The van der Waals surface area contributed by atoms with Crippen molar-refractivity contribution in [2.75, 3.05) is 13.1 Å². The first-order chi connectivity index (χ1) is 10.5. The molecule has 0 fully saturated rings. The minimum absolute atomic E-state index is 0.0219. The first-order valence-electron chi connectivity index (χ1n) is 8.10. The van der Waals surface area contributed by atoms with E-state index in [9.17, 15) is 9.59 Å². The van der Waals surface area contributed by atoms with E-state index in [1.807, 2.05) is 23.1 Å². The Bertz CT molecular complexity index is 540. The van der Waals surface area contributed by atoms with Gasteiger partial charge in [-0.1, -0.05) is 38.1 Å². The lowest BCUT2D eigenvalue weighted by Gasteiger charge is -2.36. The van der Waals surface area contributed by atoms with Crippen LogP contribution in [0.4, 0.5) is 0 Å². The minimum Gasteiger partial charge on any atom is -0.356 e. The van der Waals surface area contributed by atoms with Crippen molar-refractivity contribution in [3.8, 4) is 0 Å². The van der Waals surface area contributed by atoms with Crippen molar-refractivity contribution in [1.29, 1.82) is 0 Å². The summed E-state index contributed by atoms with van der Waals surface area (Å²) in [5.74, 6) is 0.632. The van der Waals surface area contributed by atoms with Crippen LogP contribution in [0.15, 0.2) is 24.3 Å². The van der Waals surface area contributed by atoms with Crippen molar-refractivity contribution in [3.63, 3.8) is 0 Å². The van der Waals surface area contributed by atoms with E-state index >= 15 is 0 Å². The molecule has 0 radical (unpaired) electrons. The molecule has 1 heterocycles. The quantitative estimate of drug-likeness (QED) is 0.909. The fraction of sp³-hybridized carbons (Fsp3) is 0.556. The lowest BCUT2D eigenvalue weighted by atomic mass is 9.90. The van der Waals surface area contributed by atoms with Crippen LogP contribution in [0.25, 0.3) is 0 Å². The van der Waals surface area contributed by atoms with Crippen LogP contribution in [-0.2, 0) is 16.0 Å². The molecule has 1 aromatic carbocycles. The molecule has 22 heavy (non-hydrogen) atoms. The maximum atomic E-state index is 12.2. The van der Waals surface area contributed by atoms with Crippen molar-refractivity contribution < 1.29 is 9.59 Å². The van der Waals surface area contributed by atoms with Gasteiger partial charge >= 0.3 is 0 Å². The Kier molecular flexibility index (Phi) is 5.58. The molecule has 4 heteroatoms. The summed E-state index contributed by atoms with van der Waals surface area (Å²) >= 11 is 0. The van der Waals surface area contributed by atoms with E-state index in [1.54, 1.807) is 6.92 Å². The number of carbonyl (C=O) groups is 2. The summed E-state index contributed by atoms with van der Waals surface area (Å²) in [5, 5.41) is 2.97. The molecule has 1 atom stereocenters. The predicted molar refractivity (Wildman–Crippen MR) is 87.4 cm³/mol. The third-order valence-corrected chi connectivity index (χ3v) is 4.24. The van der Waals surface area contributed by atoms with Gasteiger partial charge in [-0.05, 0) is 29.9 Å². The molecule has 4 nitrogen and oxygen atoms in total. The van der Waals surface area contributed by atoms with E-state index < -0.39 is 0 Å². The molecule has 1 unspecified atom stereocenters. The van der Waals surface area contributed by atoms with Gasteiger partial charge in [-0.2, -0.15) is 0 Å². The summed E-state index contributed by atoms with van der Waals surface area (Å²) in [4.78, 5) is 25.9. The van der Waals surface area contributed by atoms with Gasteiger partial charge < -0.3 is 10.2 Å². The van der Waals surface area contributed by atoms with E-state index in [0.29, 0.717) is 25.4 Å². The minimum atomic E-state index is -0.138. The highest BCUT2D eigenvalue weighted by molar-refractivity contribution is 5.79. The number of benzene rings is 1. The Morgan fingerprint density at radius 1 is 1.32 bits per heavy atom. The SMILES string of the molecule is CC(=O)N1CCc2ccccc2C1CC(=O)NCCC(C)C. The van der Waals surface area contributed by atoms with Crippen molar-refractivity contribution in [3.05, 3.63) is 35.4 Å². The fourth-order valence-electron chi connectivity index (χ4n) is 3.00. The zero-order chi connectivity index (χ0) is 16.1. The maximum absolute atomic E-state index is 12.2. The zero-order valence-corrected chi connectivity index (χ0v) is 13.8. The number of rotatable bonds is 5. The van der Waals surface area contributed by atoms with Gasteiger partial charge in [-0.15, -0.1) is 0 Å². The number of carbonyl (C=O) groups excluding carboxylic acids is 2. The van der Waals surface area contributed by atoms with Gasteiger partial charge in [0.2, 0.25) is 11.8 Å². The third kappa shape index (κ3) is 4.09. The van der Waals surface area contributed by atoms with Crippen molar-refractivity contribution in [2.24, 2.45) is 5.92 Å². The molecule has 2 amide bonds. The number of hydrogen-bond acceptors (Lipinski definition) is 2. The van der Waals surface area contributed by atoms with Crippen LogP contribution in [0.5, 0.6) is 0 Å². The Labute approximate surface area is 132 Å². The summed E-state index contributed by atoms with van der Waals surface area (Å²) in [7, 11) is 0. The van der Waals surface area contributed by atoms with Gasteiger partial charge in [0.25, 0.3) is 0 Å². The topological polar surface area (TPSA) is 49.4 Å². The fourth-order valence-corrected chi connectivity index (χ4v) is 3.00. The van der Waals surface area contributed by atoms with Crippen molar-refractivity contribution >= 4 is 11.8 Å². The Hall–Kier alpha value is -1.84. The highest BCUT2D eigenvalue weighted by Crippen LogP contribution is 2.32. The Morgan fingerprint density at radius 2 is 2.05 bits per heavy atom. The summed E-state index contributed by atoms with van der Waals surface area (Å²) < 4.78 is 0. The number of amides is 2. The summed E-state index contributed by atoms with van der Waals surface area (Å²) in [6, 6.07) is 7.99. The monoisotopic (exact) mass is 302 g/mol. The van der Waals surface area contributed by atoms with Crippen molar-refractivity contribution in [2.45, 2.75) is 46.1 Å². The lowest BCUT2D eigenvalue weighted by Crippen LogP contribution is -2.41. The molecule has 0 saturated heterocycles. The molecule has 1 aliphatic rings. The van der Waals surface area contributed by atoms with E-state index in [1.165, 1.54) is 5.56 Å². The van der Waals surface area contributed by atoms with E-state index in [-0.39, 0.29) is 17.9 Å². The molecule has 0 saturated carbocycles. The molecular weight excluding hydrogens is 276 g/mol. The standard InChI is InChI=1S/C18H26N2O2/c1-13(2)8-10-19-18(22)12-17-16-7-5-4-6-15(16)9-11-20(17)14(3)21/h4-7,13,17H,8-12H2,1-3H3,(H,19,22). The number of nitrogens with zero attached hydrogens (tertiary/aromatic N) is 1. The second-order valence-corrected chi connectivity index (χ2v) is 6.41. The lowest BCUT2D eigenvalue weighted by molar-refractivity contribution is -0.133. The van der Waals surface area contributed by atoms with Gasteiger partial charge in [0.05, 0.1) is 12.5 Å². The van der Waals surface area contributed by atoms with E-state index in [2.05, 4.69) is 25.2 Å². The first kappa shape index (κ1) is 16.5. The largest absolute Gasteiger partial charge is 0.356 e. The van der Waals surface area contributed by atoms with Gasteiger partial charge in [0, 0.05) is 20.0 Å². The molecule has 0 aliphatic carbocycles. The van der Waals surface area contributed by atoms with Crippen LogP contribution in [0.3, 0.4) is 0 Å². The summed E-state index contributed by atoms with van der Waals surface area (Å²) in [6.07, 6.45) is 2.18. The first-order valence-corrected chi connectivity index (χ1v) is 8.10. The van der Waals surface area contributed by atoms with Gasteiger partial charge in [0.1, 0.15) is 0 Å². The van der Waals surface area contributed by atoms with E-state index in [4.69, 9.17) is 0 Å². The highest BCUT2D eigenvalue weighted by atomic mass is 16.2. The molecule has 1 N–H and O–H groups in total. The molecule has 120 valence electrons. The molecule has 2 rings (SSSR count). The van der Waals surface area contributed by atoms with Crippen LogP contribution >= 0.6 is 0 Å². The molecule has 1 aliphatic heterocycles. The smallest absolute Gasteiger partial charge is 0.222 e. The van der Waals surface area contributed by atoms with Crippen molar-refractivity contribution in [1.82, 2.24) is 10.2 Å². The average molecular weight is 302 g/mol. The second kappa shape index (κ2) is 7.43. The third-order valence-electron chi connectivity index (χ3n) is 4.24. The number of fused-ring (bicyclic) bond motifs is 1. The zero-order valence-electron chi connectivity index (χ0n) is 13.8. The maximum Gasteiger partial charge on any atom is 0.222 e. The van der Waals surface area contributed by atoms with Crippen LogP contribution < -0.4 is 5.32 Å². The molecule has 0 spiro atoms. The van der Waals surface area contributed by atoms with Gasteiger partial charge in [-0.25, -0.2) is 0 Å². The van der Waals surface area contributed by atoms with Gasteiger partial charge in [0.15, 0.2) is 0 Å². The molecule has 0 aromatic heterocycles. The second-order valence-electron chi connectivity index (χ2n) is 6.41. The number of hydrogen-bond donors (Lipinski definition) is 1. The Balaban J connectivity index is 2.08. The average Bonchev–Trinajstić information content (AvgIpc) is 2.46. The highest BCUT2D eigenvalue weighted by Gasteiger charge is 2.30. The number of nitrogens with one attached hydrogen (secondary N) is 1. The predicted octanol–water partition coefficient (Wildman–Crippen LogP) is 2.68. The molecular formula is C18H26N2O2. The molecule has 1 aromatic rings. The van der Waals surface area contributed by atoms with Crippen LogP contribution in [-0.4, -0.2) is 29.8 Å².